The van der Waals surface area contributed by atoms with Crippen molar-refractivity contribution >= 4 is 11.8 Å². The summed E-state index contributed by atoms with van der Waals surface area (Å²) in [6, 6.07) is 0. The van der Waals surface area contributed by atoms with Crippen LogP contribution in [0.25, 0.3) is 0 Å². The third-order valence-electron chi connectivity index (χ3n) is 2.92. The SMILES string of the molecule is CC1(c2nc(CCCN)co2)CCSC1. The van der Waals surface area contributed by atoms with E-state index in [1.165, 1.54) is 12.2 Å². The van der Waals surface area contributed by atoms with E-state index < -0.39 is 0 Å². The summed E-state index contributed by atoms with van der Waals surface area (Å²) < 4.78 is 5.58. The first kappa shape index (κ1) is 11.0. The average molecular weight is 226 g/mol. The lowest BCUT2D eigenvalue weighted by Gasteiger charge is -2.17. The topological polar surface area (TPSA) is 52.0 Å². The van der Waals surface area contributed by atoms with Gasteiger partial charge in [0.15, 0.2) is 0 Å². The first-order valence-electron chi connectivity index (χ1n) is 5.47. The van der Waals surface area contributed by atoms with Crippen LogP contribution in [0.3, 0.4) is 0 Å². The van der Waals surface area contributed by atoms with Gasteiger partial charge in [0.1, 0.15) is 6.26 Å². The fourth-order valence-corrected chi connectivity index (χ4v) is 3.28. The van der Waals surface area contributed by atoms with Crippen molar-refractivity contribution in [3.63, 3.8) is 0 Å². The van der Waals surface area contributed by atoms with E-state index in [2.05, 4.69) is 11.9 Å². The molecular formula is C11H18N2OS. The summed E-state index contributed by atoms with van der Waals surface area (Å²) in [4.78, 5) is 4.57. The maximum absolute atomic E-state index is 5.58. The van der Waals surface area contributed by atoms with Crippen molar-refractivity contribution in [2.75, 3.05) is 18.1 Å². The molecule has 1 aliphatic rings. The Labute approximate surface area is 94.8 Å². The molecular weight excluding hydrogens is 208 g/mol. The Balaban J connectivity index is 2.05. The van der Waals surface area contributed by atoms with Gasteiger partial charge in [-0.3, -0.25) is 0 Å². The zero-order chi connectivity index (χ0) is 10.7. The van der Waals surface area contributed by atoms with Crippen molar-refractivity contribution in [3.05, 3.63) is 17.8 Å². The van der Waals surface area contributed by atoms with Gasteiger partial charge in [-0.2, -0.15) is 11.8 Å². The zero-order valence-electron chi connectivity index (χ0n) is 9.16. The van der Waals surface area contributed by atoms with Gasteiger partial charge >= 0.3 is 0 Å². The lowest BCUT2D eigenvalue weighted by Crippen LogP contribution is -2.21. The first-order valence-corrected chi connectivity index (χ1v) is 6.63. The minimum absolute atomic E-state index is 0.158. The van der Waals surface area contributed by atoms with Crippen molar-refractivity contribution in [1.29, 1.82) is 0 Å². The van der Waals surface area contributed by atoms with Crippen LogP contribution in [0.1, 0.15) is 31.4 Å². The molecule has 1 fully saturated rings. The average Bonchev–Trinajstić information content (AvgIpc) is 2.84. The van der Waals surface area contributed by atoms with Gasteiger partial charge in [-0.05, 0) is 31.6 Å². The smallest absolute Gasteiger partial charge is 0.201 e. The monoisotopic (exact) mass is 226 g/mol. The number of thioether (sulfide) groups is 1. The van der Waals surface area contributed by atoms with E-state index in [9.17, 15) is 0 Å². The van der Waals surface area contributed by atoms with Crippen molar-refractivity contribution < 1.29 is 4.42 Å². The number of aromatic nitrogens is 1. The number of hydrogen-bond acceptors (Lipinski definition) is 4. The third kappa shape index (κ3) is 2.37. The van der Waals surface area contributed by atoms with Crippen molar-refractivity contribution in [2.45, 2.75) is 31.6 Å². The quantitative estimate of drug-likeness (QED) is 0.852. The maximum atomic E-state index is 5.58. The minimum atomic E-state index is 0.158. The van der Waals surface area contributed by atoms with E-state index in [1.54, 1.807) is 6.26 Å². The third-order valence-corrected chi connectivity index (χ3v) is 4.26. The van der Waals surface area contributed by atoms with Crippen LogP contribution in [0.2, 0.25) is 0 Å². The highest BCUT2D eigenvalue weighted by Gasteiger charge is 2.35. The molecule has 0 bridgehead atoms. The summed E-state index contributed by atoms with van der Waals surface area (Å²) in [6.07, 6.45) is 4.88. The maximum Gasteiger partial charge on any atom is 0.201 e. The molecule has 84 valence electrons. The highest BCUT2D eigenvalue weighted by Crippen LogP contribution is 2.38. The molecule has 0 radical (unpaired) electrons. The van der Waals surface area contributed by atoms with Crippen LogP contribution in [0, 0.1) is 0 Å². The van der Waals surface area contributed by atoms with Crippen LogP contribution in [-0.4, -0.2) is 23.0 Å². The number of hydrogen-bond donors (Lipinski definition) is 1. The Kier molecular flexibility index (Phi) is 3.36. The molecule has 1 unspecified atom stereocenters. The fourth-order valence-electron chi connectivity index (χ4n) is 1.82. The number of oxazole rings is 1. The summed E-state index contributed by atoms with van der Waals surface area (Å²) in [7, 11) is 0. The molecule has 2 heterocycles. The number of nitrogens with zero attached hydrogens (tertiary/aromatic N) is 1. The molecule has 0 spiro atoms. The summed E-state index contributed by atoms with van der Waals surface area (Å²) in [5.41, 5.74) is 6.68. The fraction of sp³-hybridized carbons (Fsp3) is 0.727. The second-order valence-corrected chi connectivity index (χ2v) is 5.50. The van der Waals surface area contributed by atoms with E-state index in [4.69, 9.17) is 10.2 Å². The van der Waals surface area contributed by atoms with Gasteiger partial charge in [0.2, 0.25) is 5.89 Å². The molecule has 1 aromatic heterocycles. The van der Waals surface area contributed by atoms with Crippen LogP contribution in [0.4, 0.5) is 0 Å². The predicted octanol–water partition coefficient (Wildman–Crippen LogP) is 1.96. The first-order chi connectivity index (χ1) is 7.24. The molecule has 0 aromatic carbocycles. The standard InChI is InChI=1S/C11H18N2OS/c1-11(4-6-15-8-11)10-13-9(7-14-10)3-2-5-12/h7H,2-6,8,12H2,1H3. The zero-order valence-corrected chi connectivity index (χ0v) is 9.98. The molecule has 1 saturated heterocycles. The van der Waals surface area contributed by atoms with Gasteiger partial charge < -0.3 is 10.2 Å². The highest BCUT2D eigenvalue weighted by molar-refractivity contribution is 7.99. The summed E-state index contributed by atoms with van der Waals surface area (Å²) in [6.45, 7) is 2.96. The van der Waals surface area contributed by atoms with Gasteiger partial charge in [0.05, 0.1) is 11.1 Å². The summed E-state index contributed by atoms with van der Waals surface area (Å²) >= 11 is 1.98. The van der Waals surface area contributed by atoms with Gasteiger partial charge in [0.25, 0.3) is 0 Å². The van der Waals surface area contributed by atoms with Crippen LogP contribution in [0.5, 0.6) is 0 Å². The normalized spacial score (nSPS) is 26.0. The molecule has 1 aromatic rings. The van der Waals surface area contributed by atoms with E-state index in [-0.39, 0.29) is 5.41 Å². The molecule has 0 aliphatic carbocycles. The minimum Gasteiger partial charge on any atom is -0.448 e. The Morgan fingerprint density at radius 3 is 3.20 bits per heavy atom. The number of rotatable bonds is 4. The van der Waals surface area contributed by atoms with Crippen molar-refractivity contribution in [1.82, 2.24) is 4.98 Å². The van der Waals surface area contributed by atoms with Gasteiger partial charge in [-0.15, -0.1) is 0 Å². The highest BCUT2D eigenvalue weighted by atomic mass is 32.2. The van der Waals surface area contributed by atoms with Gasteiger partial charge in [-0.25, -0.2) is 4.98 Å². The Morgan fingerprint density at radius 1 is 1.67 bits per heavy atom. The summed E-state index contributed by atoms with van der Waals surface area (Å²) in [5.74, 6) is 3.26. The van der Waals surface area contributed by atoms with E-state index >= 15 is 0 Å². The van der Waals surface area contributed by atoms with Crippen molar-refractivity contribution in [2.24, 2.45) is 5.73 Å². The van der Waals surface area contributed by atoms with E-state index in [0.29, 0.717) is 0 Å². The molecule has 2 rings (SSSR count). The second-order valence-electron chi connectivity index (χ2n) is 4.40. The lowest BCUT2D eigenvalue weighted by atomic mass is 9.90. The molecule has 1 aliphatic heterocycles. The number of nitrogens with two attached hydrogens (primary N) is 1. The molecule has 0 saturated carbocycles. The van der Waals surface area contributed by atoms with Crippen LogP contribution >= 0.6 is 11.8 Å². The van der Waals surface area contributed by atoms with Crippen LogP contribution in [0.15, 0.2) is 10.7 Å². The second kappa shape index (κ2) is 4.58. The van der Waals surface area contributed by atoms with Crippen molar-refractivity contribution in [3.8, 4) is 0 Å². The molecule has 2 N–H and O–H groups in total. The largest absolute Gasteiger partial charge is 0.448 e. The Hall–Kier alpha value is -0.480. The molecule has 1 atom stereocenters. The van der Waals surface area contributed by atoms with Gasteiger partial charge in [0, 0.05) is 5.75 Å². The molecule has 15 heavy (non-hydrogen) atoms. The predicted molar refractivity (Wildman–Crippen MR) is 63.2 cm³/mol. The van der Waals surface area contributed by atoms with E-state index in [1.807, 2.05) is 11.8 Å². The van der Waals surface area contributed by atoms with Crippen LogP contribution < -0.4 is 5.73 Å². The Morgan fingerprint density at radius 2 is 2.53 bits per heavy atom. The number of aryl methyl sites for hydroxylation is 1. The molecule has 3 nitrogen and oxygen atoms in total. The lowest BCUT2D eigenvalue weighted by molar-refractivity contribution is 0.375. The summed E-state index contributed by atoms with van der Waals surface area (Å²) in [5, 5.41) is 0. The molecule has 4 heteroatoms. The van der Waals surface area contributed by atoms with Crippen LogP contribution in [-0.2, 0) is 11.8 Å². The Bertz CT molecular complexity index is 318. The van der Waals surface area contributed by atoms with E-state index in [0.717, 1.165) is 36.7 Å². The van der Waals surface area contributed by atoms with Gasteiger partial charge in [-0.1, -0.05) is 6.92 Å². The molecule has 0 amide bonds.